The summed E-state index contributed by atoms with van der Waals surface area (Å²) in [7, 11) is 0. The summed E-state index contributed by atoms with van der Waals surface area (Å²) in [6.07, 6.45) is 3.22. The molecule has 0 bridgehead atoms. The summed E-state index contributed by atoms with van der Waals surface area (Å²) >= 11 is 0. The summed E-state index contributed by atoms with van der Waals surface area (Å²) in [6.45, 7) is 3.69. The molecular weight excluding hydrogens is 284 g/mol. The van der Waals surface area contributed by atoms with Gasteiger partial charge in [0.25, 0.3) is 0 Å². The number of anilines is 1. The fourth-order valence-electron chi connectivity index (χ4n) is 2.89. The van der Waals surface area contributed by atoms with E-state index in [1.165, 1.54) is 11.1 Å². The van der Waals surface area contributed by atoms with Crippen molar-refractivity contribution in [2.45, 2.75) is 19.4 Å². The standard InChI is InChI=1S/C20H22N2O/c1-16(20(23)21-19-10-6-3-7-11-19)22-14-12-18(13-15-22)17-8-4-2-5-9-17/h2-12,16H,13-15H2,1H3,(H,21,23)/t16-/m0/s1. The first-order valence-electron chi connectivity index (χ1n) is 8.08. The number of para-hydroxylation sites is 1. The van der Waals surface area contributed by atoms with E-state index in [0.29, 0.717) is 0 Å². The molecule has 0 unspecified atom stereocenters. The Bertz CT molecular complexity index is 679. The maximum atomic E-state index is 12.4. The molecule has 1 aliphatic rings. The smallest absolute Gasteiger partial charge is 0.241 e. The molecule has 23 heavy (non-hydrogen) atoms. The van der Waals surface area contributed by atoms with Crippen LogP contribution in [-0.4, -0.2) is 29.9 Å². The predicted molar refractivity (Wildman–Crippen MR) is 95.1 cm³/mol. The summed E-state index contributed by atoms with van der Waals surface area (Å²) in [5, 5.41) is 2.98. The van der Waals surface area contributed by atoms with Gasteiger partial charge in [-0.1, -0.05) is 54.6 Å². The lowest BCUT2D eigenvalue weighted by molar-refractivity contribution is -0.120. The SMILES string of the molecule is C[C@@H](C(=O)Nc1ccccc1)N1CC=C(c2ccccc2)CC1. The summed E-state index contributed by atoms with van der Waals surface area (Å²) in [6, 6.07) is 19.9. The Morgan fingerprint density at radius 3 is 2.30 bits per heavy atom. The zero-order valence-electron chi connectivity index (χ0n) is 13.4. The molecule has 118 valence electrons. The van der Waals surface area contributed by atoms with Crippen molar-refractivity contribution in [3.8, 4) is 0 Å². The molecule has 1 aliphatic heterocycles. The van der Waals surface area contributed by atoms with Crippen molar-refractivity contribution in [1.29, 1.82) is 0 Å². The van der Waals surface area contributed by atoms with Gasteiger partial charge >= 0.3 is 0 Å². The van der Waals surface area contributed by atoms with E-state index in [1.807, 2.05) is 43.3 Å². The second-order valence-corrected chi connectivity index (χ2v) is 5.87. The van der Waals surface area contributed by atoms with Crippen LogP contribution in [0.2, 0.25) is 0 Å². The molecular formula is C20H22N2O. The molecule has 3 nitrogen and oxygen atoms in total. The highest BCUT2D eigenvalue weighted by Crippen LogP contribution is 2.23. The van der Waals surface area contributed by atoms with Gasteiger partial charge in [0.05, 0.1) is 6.04 Å². The Hall–Kier alpha value is -2.39. The molecule has 1 N–H and O–H groups in total. The van der Waals surface area contributed by atoms with Crippen molar-refractivity contribution in [3.05, 3.63) is 72.3 Å². The first-order chi connectivity index (χ1) is 11.2. The molecule has 2 aromatic rings. The first-order valence-corrected chi connectivity index (χ1v) is 8.08. The molecule has 2 aromatic carbocycles. The number of amides is 1. The van der Waals surface area contributed by atoms with Gasteiger partial charge in [-0.15, -0.1) is 0 Å². The maximum absolute atomic E-state index is 12.4. The zero-order chi connectivity index (χ0) is 16.1. The van der Waals surface area contributed by atoms with Crippen LogP contribution in [0.1, 0.15) is 18.9 Å². The van der Waals surface area contributed by atoms with E-state index in [0.717, 1.165) is 25.2 Å². The third-order valence-corrected chi connectivity index (χ3v) is 4.35. The van der Waals surface area contributed by atoms with Gasteiger partial charge in [0.15, 0.2) is 0 Å². The zero-order valence-corrected chi connectivity index (χ0v) is 13.4. The highest BCUT2D eigenvalue weighted by Gasteiger charge is 2.23. The Balaban J connectivity index is 1.60. The van der Waals surface area contributed by atoms with E-state index in [9.17, 15) is 4.79 Å². The van der Waals surface area contributed by atoms with Gasteiger partial charge < -0.3 is 5.32 Å². The second kappa shape index (κ2) is 7.25. The Morgan fingerprint density at radius 2 is 1.70 bits per heavy atom. The minimum atomic E-state index is -0.135. The van der Waals surface area contributed by atoms with Crippen molar-refractivity contribution >= 4 is 17.2 Å². The average Bonchev–Trinajstić information content (AvgIpc) is 2.63. The van der Waals surface area contributed by atoms with E-state index in [2.05, 4.69) is 40.6 Å². The van der Waals surface area contributed by atoms with Gasteiger partial charge in [-0.25, -0.2) is 0 Å². The van der Waals surface area contributed by atoms with Crippen LogP contribution in [0, 0.1) is 0 Å². The third kappa shape index (κ3) is 3.88. The molecule has 0 saturated carbocycles. The predicted octanol–water partition coefficient (Wildman–Crippen LogP) is 3.80. The minimum absolute atomic E-state index is 0.0489. The molecule has 0 aliphatic carbocycles. The second-order valence-electron chi connectivity index (χ2n) is 5.87. The highest BCUT2D eigenvalue weighted by atomic mass is 16.2. The topological polar surface area (TPSA) is 32.3 Å². The Morgan fingerprint density at radius 1 is 1.04 bits per heavy atom. The van der Waals surface area contributed by atoms with Crippen molar-refractivity contribution in [2.75, 3.05) is 18.4 Å². The highest BCUT2D eigenvalue weighted by molar-refractivity contribution is 5.94. The van der Waals surface area contributed by atoms with E-state index >= 15 is 0 Å². The number of nitrogens with zero attached hydrogens (tertiary/aromatic N) is 1. The summed E-state index contributed by atoms with van der Waals surface area (Å²) in [5.74, 6) is 0.0489. The number of carbonyl (C=O) groups is 1. The normalized spacial score (nSPS) is 16.5. The molecule has 0 aromatic heterocycles. The van der Waals surface area contributed by atoms with Crippen LogP contribution in [0.3, 0.4) is 0 Å². The summed E-state index contributed by atoms with van der Waals surface area (Å²) in [5.41, 5.74) is 3.51. The average molecular weight is 306 g/mol. The summed E-state index contributed by atoms with van der Waals surface area (Å²) in [4.78, 5) is 14.6. The minimum Gasteiger partial charge on any atom is -0.325 e. The van der Waals surface area contributed by atoms with Gasteiger partial charge in [-0.3, -0.25) is 9.69 Å². The third-order valence-electron chi connectivity index (χ3n) is 4.35. The number of nitrogens with one attached hydrogen (secondary N) is 1. The lowest BCUT2D eigenvalue weighted by Gasteiger charge is -2.31. The maximum Gasteiger partial charge on any atom is 0.241 e. The van der Waals surface area contributed by atoms with Crippen LogP contribution in [0.25, 0.3) is 5.57 Å². The van der Waals surface area contributed by atoms with E-state index in [-0.39, 0.29) is 11.9 Å². The molecule has 1 atom stereocenters. The fraction of sp³-hybridized carbons (Fsp3) is 0.250. The quantitative estimate of drug-likeness (QED) is 0.932. The van der Waals surface area contributed by atoms with E-state index < -0.39 is 0 Å². The van der Waals surface area contributed by atoms with Crippen molar-refractivity contribution in [2.24, 2.45) is 0 Å². The van der Waals surface area contributed by atoms with Crippen LogP contribution >= 0.6 is 0 Å². The number of benzene rings is 2. The van der Waals surface area contributed by atoms with Crippen LogP contribution in [0.5, 0.6) is 0 Å². The first kappa shape index (κ1) is 15.5. The van der Waals surface area contributed by atoms with Gasteiger partial charge in [-0.2, -0.15) is 0 Å². The monoisotopic (exact) mass is 306 g/mol. The van der Waals surface area contributed by atoms with Crippen LogP contribution in [0.4, 0.5) is 5.69 Å². The van der Waals surface area contributed by atoms with Crippen LogP contribution in [0.15, 0.2) is 66.7 Å². The van der Waals surface area contributed by atoms with E-state index in [4.69, 9.17) is 0 Å². The fourth-order valence-corrected chi connectivity index (χ4v) is 2.89. The van der Waals surface area contributed by atoms with E-state index in [1.54, 1.807) is 0 Å². The Kier molecular flexibility index (Phi) is 4.89. The number of hydrogen-bond acceptors (Lipinski definition) is 2. The largest absolute Gasteiger partial charge is 0.325 e. The molecule has 0 saturated heterocycles. The molecule has 1 amide bonds. The lowest BCUT2D eigenvalue weighted by atomic mass is 9.99. The Labute approximate surface area is 137 Å². The van der Waals surface area contributed by atoms with Gasteiger partial charge in [-0.05, 0) is 36.6 Å². The van der Waals surface area contributed by atoms with Gasteiger partial charge in [0.1, 0.15) is 0 Å². The van der Waals surface area contributed by atoms with Crippen molar-refractivity contribution in [3.63, 3.8) is 0 Å². The molecule has 3 heteroatoms. The molecule has 0 fully saturated rings. The van der Waals surface area contributed by atoms with Gasteiger partial charge in [0, 0.05) is 18.8 Å². The van der Waals surface area contributed by atoms with Gasteiger partial charge in [0.2, 0.25) is 5.91 Å². The summed E-state index contributed by atoms with van der Waals surface area (Å²) < 4.78 is 0. The number of rotatable bonds is 4. The lowest BCUT2D eigenvalue weighted by Crippen LogP contribution is -2.44. The number of hydrogen-bond donors (Lipinski definition) is 1. The number of carbonyl (C=O) groups excluding carboxylic acids is 1. The van der Waals surface area contributed by atoms with Crippen LogP contribution in [-0.2, 0) is 4.79 Å². The van der Waals surface area contributed by atoms with Crippen molar-refractivity contribution < 1.29 is 4.79 Å². The van der Waals surface area contributed by atoms with Crippen LogP contribution < -0.4 is 5.32 Å². The molecule has 1 heterocycles. The van der Waals surface area contributed by atoms with Crippen molar-refractivity contribution in [1.82, 2.24) is 4.90 Å². The molecule has 0 spiro atoms. The molecule has 0 radical (unpaired) electrons. The molecule has 3 rings (SSSR count).